The quantitative estimate of drug-likeness (QED) is 0.926. The van der Waals surface area contributed by atoms with Crippen molar-refractivity contribution < 1.29 is 9.63 Å². The Morgan fingerprint density at radius 1 is 1.30 bits per heavy atom. The topological polar surface area (TPSA) is 62.4 Å². The highest BCUT2D eigenvalue weighted by Crippen LogP contribution is 2.21. The third kappa shape index (κ3) is 2.89. The first kappa shape index (κ1) is 13.3. The van der Waals surface area contributed by atoms with E-state index in [4.69, 9.17) is 4.52 Å². The molecule has 1 aromatic heterocycles. The zero-order valence-corrected chi connectivity index (χ0v) is 11.6. The molecule has 3 rings (SSSR count). The van der Waals surface area contributed by atoms with Crippen molar-refractivity contribution in [2.24, 2.45) is 0 Å². The molecule has 1 aliphatic rings. The average Bonchev–Trinajstić information content (AvgIpc) is 2.90. The number of rotatable bonds is 3. The molecule has 0 radical (unpaired) electrons. The van der Waals surface area contributed by atoms with E-state index in [9.17, 15) is 5.11 Å². The van der Waals surface area contributed by atoms with Crippen LogP contribution in [0.1, 0.15) is 24.2 Å². The van der Waals surface area contributed by atoms with E-state index in [1.807, 2.05) is 31.2 Å². The molecular weight excluding hydrogens is 254 g/mol. The molecule has 0 unspecified atom stereocenters. The summed E-state index contributed by atoms with van der Waals surface area (Å²) in [7, 11) is 0. The van der Waals surface area contributed by atoms with E-state index in [1.165, 1.54) is 0 Å². The number of piperidine rings is 1. The smallest absolute Gasteiger partial charge is 0.258 e. The largest absolute Gasteiger partial charge is 0.393 e. The van der Waals surface area contributed by atoms with Gasteiger partial charge in [-0.25, -0.2) is 0 Å². The standard InChI is InChI=1S/C15H19N3O2/c1-11-4-2-3-5-13(11)15-16-14(17-20-15)10-18-8-6-12(19)7-9-18/h2-5,12,19H,6-10H2,1H3. The van der Waals surface area contributed by atoms with Gasteiger partial charge in [0.1, 0.15) is 0 Å². The second-order valence-electron chi connectivity index (χ2n) is 5.34. The van der Waals surface area contributed by atoms with E-state index < -0.39 is 0 Å². The Kier molecular flexibility index (Phi) is 3.80. The number of nitrogens with zero attached hydrogens (tertiary/aromatic N) is 3. The second-order valence-corrected chi connectivity index (χ2v) is 5.34. The summed E-state index contributed by atoms with van der Waals surface area (Å²) in [6, 6.07) is 7.99. The third-order valence-electron chi connectivity index (χ3n) is 3.77. The maximum atomic E-state index is 9.50. The molecule has 0 amide bonds. The summed E-state index contributed by atoms with van der Waals surface area (Å²) in [4.78, 5) is 6.72. The van der Waals surface area contributed by atoms with Crippen LogP contribution in [0.3, 0.4) is 0 Å². The predicted octanol–water partition coefficient (Wildman–Crippen LogP) is 2.00. The van der Waals surface area contributed by atoms with Gasteiger partial charge in [0.15, 0.2) is 5.82 Å². The number of aryl methyl sites for hydroxylation is 1. The maximum absolute atomic E-state index is 9.50. The van der Waals surface area contributed by atoms with Crippen LogP contribution < -0.4 is 0 Å². The third-order valence-corrected chi connectivity index (χ3v) is 3.77. The molecule has 5 heteroatoms. The summed E-state index contributed by atoms with van der Waals surface area (Å²) < 4.78 is 5.36. The summed E-state index contributed by atoms with van der Waals surface area (Å²) >= 11 is 0. The van der Waals surface area contributed by atoms with E-state index >= 15 is 0 Å². The van der Waals surface area contributed by atoms with Gasteiger partial charge in [0.05, 0.1) is 12.6 Å². The molecule has 1 fully saturated rings. The SMILES string of the molecule is Cc1ccccc1-c1nc(CN2CCC(O)CC2)no1. The lowest BCUT2D eigenvalue weighted by Crippen LogP contribution is -2.35. The van der Waals surface area contributed by atoms with Crippen molar-refractivity contribution in [1.82, 2.24) is 15.0 Å². The fraction of sp³-hybridized carbons (Fsp3) is 0.467. The second kappa shape index (κ2) is 5.73. The molecule has 0 aliphatic carbocycles. The van der Waals surface area contributed by atoms with Crippen LogP contribution in [0.25, 0.3) is 11.5 Å². The van der Waals surface area contributed by atoms with Gasteiger partial charge in [0.25, 0.3) is 5.89 Å². The van der Waals surface area contributed by atoms with Crippen molar-refractivity contribution in [3.8, 4) is 11.5 Å². The summed E-state index contributed by atoms with van der Waals surface area (Å²) in [5.74, 6) is 1.29. The van der Waals surface area contributed by atoms with E-state index in [2.05, 4.69) is 15.0 Å². The van der Waals surface area contributed by atoms with E-state index in [0.717, 1.165) is 37.1 Å². The maximum Gasteiger partial charge on any atom is 0.258 e. The minimum absolute atomic E-state index is 0.154. The van der Waals surface area contributed by atoms with Gasteiger partial charge in [-0.15, -0.1) is 0 Å². The Morgan fingerprint density at radius 3 is 2.80 bits per heavy atom. The Labute approximate surface area is 118 Å². The van der Waals surface area contributed by atoms with Crippen LogP contribution in [0.2, 0.25) is 0 Å². The molecule has 106 valence electrons. The van der Waals surface area contributed by atoms with Crippen LogP contribution in [0.4, 0.5) is 0 Å². The lowest BCUT2D eigenvalue weighted by Gasteiger charge is -2.28. The molecule has 5 nitrogen and oxygen atoms in total. The zero-order chi connectivity index (χ0) is 13.9. The summed E-state index contributed by atoms with van der Waals surface area (Å²) in [6.07, 6.45) is 1.49. The molecule has 1 aromatic carbocycles. The molecular formula is C15H19N3O2. The molecule has 0 spiro atoms. The van der Waals surface area contributed by atoms with E-state index in [-0.39, 0.29) is 6.10 Å². The Hall–Kier alpha value is -1.72. The highest BCUT2D eigenvalue weighted by atomic mass is 16.5. The average molecular weight is 273 g/mol. The first-order chi connectivity index (χ1) is 9.72. The molecule has 1 N–H and O–H groups in total. The number of aliphatic hydroxyl groups excluding tert-OH is 1. The summed E-state index contributed by atoms with van der Waals surface area (Å²) in [6.45, 7) is 4.48. The van der Waals surface area contributed by atoms with Crippen molar-refractivity contribution in [2.45, 2.75) is 32.4 Å². The van der Waals surface area contributed by atoms with Crippen LogP contribution in [-0.4, -0.2) is 39.3 Å². The molecule has 0 saturated carbocycles. The molecule has 0 bridgehead atoms. The molecule has 2 aromatic rings. The van der Waals surface area contributed by atoms with Gasteiger partial charge in [-0.1, -0.05) is 23.4 Å². The number of hydrogen-bond acceptors (Lipinski definition) is 5. The fourth-order valence-electron chi connectivity index (χ4n) is 2.52. The highest BCUT2D eigenvalue weighted by molar-refractivity contribution is 5.57. The minimum Gasteiger partial charge on any atom is -0.393 e. The molecule has 0 atom stereocenters. The molecule has 1 aliphatic heterocycles. The number of benzene rings is 1. The van der Waals surface area contributed by atoms with Crippen LogP contribution in [0.5, 0.6) is 0 Å². The lowest BCUT2D eigenvalue weighted by molar-refractivity contribution is 0.0777. The van der Waals surface area contributed by atoms with Crippen molar-refractivity contribution in [3.63, 3.8) is 0 Å². The number of likely N-dealkylation sites (tertiary alicyclic amines) is 1. The first-order valence-corrected chi connectivity index (χ1v) is 7.01. The number of aromatic nitrogens is 2. The highest BCUT2D eigenvalue weighted by Gasteiger charge is 2.19. The van der Waals surface area contributed by atoms with Gasteiger partial charge in [-0.3, -0.25) is 4.90 Å². The van der Waals surface area contributed by atoms with Crippen LogP contribution in [0, 0.1) is 6.92 Å². The molecule has 1 saturated heterocycles. The van der Waals surface area contributed by atoms with Crippen molar-refractivity contribution in [2.75, 3.05) is 13.1 Å². The van der Waals surface area contributed by atoms with E-state index in [0.29, 0.717) is 18.3 Å². The van der Waals surface area contributed by atoms with E-state index in [1.54, 1.807) is 0 Å². The Balaban J connectivity index is 1.70. The number of hydrogen-bond donors (Lipinski definition) is 1. The Bertz CT molecular complexity index is 574. The van der Waals surface area contributed by atoms with Crippen LogP contribution in [-0.2, 0) is 6.54 Å². The predicted molar refractivity (Wildman–Crippen MR) is 75.0 cm³/mol. The van der Waals surface area contributed by atoms with Gasteiger partial charge in [-0.05, 0) is 31.4 Å². The summed E-state index contributed by atoms with van der Waals surface area (Å²) in [5, 5.41) is 13.6. The normalized spacial score (nSPS) is 17.5. The lowest BCUT2D eigenvalue weighted by atomic mass is 10.1. The molecule has 2 heterocycles. The van der Waals surface area contributed by atoms with Crippen LogP contribution >= 0.6 is 0 Å². The van der Waals surface area contributed by atoms with Crippen LogP contribution in [0.15, 0.2) is 28.8 Å². The number of aliphatic hydroxyl groups is 1. The monoisotopic (exact) mass is 273 g/mol. The van der Waals surface area contributed by atoms with Gasteiger partial charge in [0.2, 0.25) is 0 Å². The van der Waals surface area contributed by atoms with Crippen molar-refractivity contribution in [3.05, 3.63) is 35.7 Å². The van der Waals surface area contributed by atoms with Gasteiger partial charge in [0, 0.05) is 18.7 Å². The van der Waals surface area contributed by atoms with Crippen molar-refractivity contribution in [1.29, 1.82) is 0 Å². The molecule has 20 heavy (non-hydrogen) atoms. The van der Waals surface area contributed by atoms with Crippen molar-refractivity contribution >= 4 is 0 Å². The zero-order valence-electron chi connectivity index (χ0n) is 11.6. The summed E-state index contributed by atoms with van der Waals surface area (Å²) in [5.41, 5.74) is 2.11. The minimum atomic E-state index is -0.154. The Morgan fingerprint density at radius 2 is 2.05 bits per heavy atom. The van der Waals surface area contributed by atoms with Gasteiger partial charge >= 0.3 is 0 Å². The van der Waals surface area contributed by atoms with Gasteiger partial charge in [-0.2, -0.15) is 4.98 Å². The first-order valence-electron chi connectivity index (χ1n) is 7.01. The van der Waals surface area contributed by atoms with Gasteiger partial charge < -0.3 is 9.63 Å². The fourth-order valence-corrected chi connectivity index (χ4v) is 2.52.